The normalized spacial score (nSPS) is 32.0. The van der Waals surface area contributed by atoms with Gasteiger partial charge >= 0.3 is 6.03 Å². The molecule has 0 aromatic rings. The SMILES string of the molecule is C[C@@H]1CN(C(N)=O)[C@@H](C)CN1. The smallest absolute Gasteiger partial charge is 0.315 e. The molecule has 2 amide bonds. The number of nitrogens with two attached hydrogens (primary N) is 1. The van der Waals surface area contributed by atoms with Crippen LogP contribution in [0.5, 0.6) is 0 Å². The molecule has 1 saturated heterocycles. The quantitative estimate of drug-likeness (QED) is 0.509. The molecule has 0 unspecified atom stereocenters. The first kappa shape index (κ1) is 8.33. The van der Waals surface area contributed by atoms with Gasteiger partial charge in [0.05, 0.1) is 0 Å². The summed E-state index contributed by atoms with van der Waals surface area (Å²) >= 11 is 0. The molecular formula is C7H15N3O. The molecule has 1 fully saturated rings. The maximum absolute atomic E-state index is 10.8. The van der Waals surface area contributed by atoms with E-state index in [2.05, 4.69) is 5.32 Å². The van der Waals surface area contributed by atoms with Crippen molar-refractivity contribution in [3.8, 4) is 0 Å². The summed E-state index contributed by atoms with van der Waals surface area (Å²) in [5, 5.41) is 3.27. The predicted molar refractivity (Wildman–Crippen MR) is 43.2 cm³/mol. The average molecular weight is 157 g/mol. The Morgan fingerprint density at radius 2 is 2.27 bits per heavy atom. The van der Waals surface area contributed by atoms with Crippen molar-refractivity contribution in [1.82, 2.24) is 10.2 Å². The van der Waals surface area contributed by atoms with Crippen molar-refractivity contribution in [2.24, 2.45) is 5.73 Å². The minimum atomic E-state index is -0.314. The zero-order valence-corrected chi connectivity index (χ0v) is 7.00. The molecule has 0 spiro atoms. The van der Waals surface area contributed by atoms with E-state index in [9.17, 15) is 4.79 Å². The number of urea groups is 1. The van der Waals surface area contributed by atoms with E-state index in [0.29, 0.717) is 6.04 Å². The molecule has 2 atom stereocenters. The molecule has 0 aliphatic carbocycles. The van der Waals surface area contributed by atoms with Gasteiger partial charge in [0.15, 0.2) is 0 Å². The van der Waals surface area contributed by atoms with Crippen LogP contribution in [0.1, 0.15) is 13.8 Å². The van der Waals surface area contributed by atoms with Gasteiger partial charge in [0, 0.05) is 25.2 Å². The summed E-state index contributed by atoms with van der Waals surface area (Å²) in [6.45, 7) is 5.59. The summed E-state index contributed by atoms with van der Waals surface area (Å²) in [5.41, 5.74) is 5.18. The number of nitrogens with zero attached hydrogens (tertiary/aromatic N) is 1. The van der Waals surface area contributed by atoms with E-state index in [-0.39, 0.29) is 12.1 Å². The molecule has 0 radical (unpaired) electrons. The fraction of sp³-hybridized carbons (Fsp3) is 0.857. The van der Waals surface area contributed by atoms with Gasteiger partial charge in [-0.3, -0.25) is 0 Å². The minimum absolute atomic E-state index is 0.226. The number of rotatable bonds is 0. The average Bonchev–Trinajstić information content (AvgIpc) is 1.94. The molecule has 0 saturated carbocycles. The summed E-state index contributed by atoms with van der Waals surface area (Å²) < 4.78 is 0. The van der Waals surface area contributed by atoms with Crippen molar-refractivity contribution >= 4 is 6.03 Å². The highest BCUT2D eigenvalue weighted by atomic mass is 16.2. The van der Waals surface area contributed by atoms with Gasteiger partial charge in [-0.2, -0.15) is 0 Å². The van der Waals surface area contributed by atoms with Crippen molar-refractivity contribution < 1.29 is 4.79 Å². The molecule has 64 valence electrons. The Morgan fingerprint density at radius 3 is 2.73 bits per heavy atom. The number of nitrogens with one attached hydrogen (secondary N) is 1. The van der Waals surface area contributed by atoms with Crippen molar-refractivity contribution in [2.75, 3.05) is 13.1 Å². The molecule has 4 heteroatoms. The third-order valence-corrected chi connectivity index (χ3v) is 2.05. The van der Waals surface area contributed by atoms with E-state index < -0.39 is 0 Å². The Hall–Kier alpha value is -0.770. The highest BCUT2D eigenvalue weighted by Crippen LogP contribution is 2.04. The van der Waals surface area contributed by atoms with Gasteiger partial charge in [0.25, 0.3) is 0 Å². The summed E-state index contributed by atoms with van der Waals surface area (Å²) in [7, 11) is 0. The Morgan fingerprint density at radius 1 is 1.64 bits per heavy atom. The minimum Gasteiger partial charge on any atom is -0.351 e. The van der Waals surface area contributed by atoms with Crippen molar-refractivity contribution in [1.29, 1.82) is 0 Å². The Balaban J connectivity index is 2.54. The monoisotopic (exact) mass is 157 g/mol. The number of amides is 2. The first-order valence-electron chi connectivity index (χ1n) is 3.90. The van der Waals surface area contributed by atoms with Crippen molar-refractivity contribution in [3.63, 3.8) is 0 Å². The summed E-state index contributed by atoms with van der Waals surface area (Å²) in [6, 6.07) is 0.272. The maximum atomic E-state index is 10.8. The number of carbonyl (C=O) groups is 1. The van der Waals surface area contributed by atoms with Gasteiger partial charge < -0.3 is 16.0 Å². The Kier molecular flexibility index (Phi) is 2.34. The summed E-state index contributed by atoms with van der Waals surface area (Å²) in [5.74, 6) is 0. The lowest BCUT2D eigenvalue weighted by Crippen LogP contribution is -2.57. The number of carbonyl (C=O) groups excluding carboxylic acids is 1. The second kappa shape index (κ2) is 3.09. The van der Waals surface area contributed by atoms with Crippen molar-refractivity contribution in [2.45, 2.75) is 25.9 Å². The van der Waals surface area contributed by atoms with Crippen LogP contribution in [0.25, 0.3) is 0 Å². The molecule has 1 aliphatic rings. The molecule has 4 nitrogen and oxygen atoms in total. The molecule has 1 heterocycles. The molecular weight excluding hydrogens is 142 g/mol. The van der Waals surface area contributed by atoms with Gasteiger partial charge in [-0.15, -0.1) is 0 Å². The Labute approximate surface area is 66.7 Å². The second-order valence-corrected chi connectivity index (χ2v) is 3.15. The van der Waals surface area contributed by atoms with Crippen LogP contribution >= 0.6 is 0 Å². The van der Waals surface area contributed by atoms with Gasteiger partial charge in [-0.1, -0.05) is 0 Å². The molecule has 0 bridgehead atoms. The first-order valence-corrected chi connectivity index (χ1v) is 3.90. The lowest BCUT2D eigenvalue weighted by molar-refractivity contribution is 0.158. The van der Waals surface area contributed by atoms with Crippen LogP contribution < -0.4 is 11.1 Å². The van der Waals surface area contributed by atoms with Gasteiger partial charge in [-0.25, -0.2) is 4.79 Å². The van der Waals surface area contributed by atoms with E-state index >= 15 is 0 Å². The van der Waals surface area contributed by atoms with E-state index in [4.69, 9.17) is 5.73 Å². The number of piperazine rings is 1. The summed E-state index contributed by atoms with van der Waals surface area (Å²) in [6.07, 6.45) is 0. The van der Waals surface area contributed by atoms with E-state index in [1.165, 1.54) is 0 Å². The van der Waals surface area contributed by atoms with Crippen LogP contribution in [0.4, 0.5) is 4.79 Å². The van der Waals surface area contributed by atoms with Crippen LogP contribution in [0, 0.1) is 0 Å². The third-order valence-electron chi connectivity index (χ3n) is 2.05. The van der Waals surface area contributed by atoms with Gasteiger partial charge in [0.2, 0.25) is 0 Å². The van der Waals surface area contributed by atoms with Crippen LogP contribution in [0.3, 0.4) is 0 Å². The zero-order chi connectivity index (χ0) is 8.43. The first-order chi connectivity index (χ1) is 5.11. The third kappa shape index (κ3) is 1.83. The second-order valence-electron chi connectivity index (χ2n) is 3.15. The van der Waals surface area contributed by atoms with Crippen LogP contribution in [-0.4, -0.2) is 36.1 Å². The molecule has 1 aliphatic heterocycles. The van der Waals surface area contributed by atoms with Crippen molar-refractivity contribution in [3.05, 3.63) is 0 Å². The van der Waals surface area contributed by atoms with E-state index in [1.54, 1.807) is 4.90 Å². The highest BCUT2D eigenvalue weighted by molar-refractivity contribution is 5.72. The lowest BCUT2D eigenvalue weighted by atomic mass is 10.1. The number of hydrogen-bond acceptors (Lipinski definition) is 2. The zero-order valence-electron chi connectivity index (χ0n) is 7.00. The van der Waals surface area contributed by atoms with Gasteiger partial charge in [0.1, 0.15) is 0 Å². The molecule has 1 rings (SSSR count). The van der Waals surface area contributed by atoms with Gasteiger partial charge in [-0.05, 0) is 13.8 Å². The number of hydrogen-bond donors (Lipinski definition) is 2. The molecule has 0 aromatic heterocycles. The highest BCUT2D eigenvalue weighted by Gasteiger charge is 2.24. The standard InChI is InChI=1S/C7H15N3O/c1-5-4-10(7(8)11)6(2)3-9-5/h5-6,9H,3-4H2,1-2H3,(H2,8,11)/t5-,6+/m1/s1. The van der Waals surface area contributed by atoms with E-state index in [1.807, 2.05) is 13.8 Å². The molecule has 11 heavy (non-hydrogen) atoms. The Bertz CT molecular complexity index is 160. The van der Waals surface area contributed by atoms with Crippen LogP contribution in [-0.2, 0) is 0 Å². The maximum Gasteiger partial charge on any atom is 0.315 e. The van der Waals surface area contributed by atoms with Crippen LogP contribution in [0.2, 0.25) is 0 Å². The lowest BCUT2D eigenvalue weighted by Gasteiger charge is -2.36. The predicted octanol–water partition coefficient (Wildman–Crippen LogP) is -0.253. The fourth-order valence-corrected chi connectivity index (χ4v) is 1.33. The molecule has 0 aromatic carbocycles. The largest absolute Gasteiger partial charge is 0.351 e. The van der Waals surface area contributed by atoms with E-state index in [0.717, 1.165) is 13.1 Å². The number of primary amides is 1. The fourth-order valence-electron chi connectivity index (χ4n) is 1.33. The molecule has 3 N–H and O–H groups in total. The van der Waals surface area contributed by atoms with Crippen LogP contribution in [0.15, 0.2) is 0 Å². The summed E-state index contributed by atoms with van der Waals surface area (Å²) in [4.78, 5) is 12.5. The topological polar surface area (TPSA) is 58.4 Å².